The minimum Gasteiger partial charge on any atom is -0.342 e. The molecule has 0 aromatic heterocycles. The van der Waals surface area contributed by atoms with Crippen molar-refractivity contribution in [3.8, 4) is 0 Å². The Morgan fingerprint density at radius 1 is 1.00 bits per heavy atom. The Hall–Kier alpha value is -1.88. The standard InChI is InChI=1S/C25H39N3O2/c1-4-7-20-8-10-21(11-9-20)24(19(2)3)26-18-23(29)27-16-12-22(13-17-27)25(30)28-14-5-6-15-28/h8-11,19,22,24,26H,4-7,12-18H2,1-3H3. The summed E-state index contributed by atoms with van der Waals surface area (Å²) in [6.07, 6.45) is 6.12. The first kappa shape index (κ1) is 22.8. The van der Waals surface area contributed by atoms with Crippen LogP contribution >= 0.6 is 0 Å². The maximum absolute atomic E-state index is 12.8. The summed E-state index contributed by atoms with van der Waals surface area (Å²) < 4.78 is 0. The number of nitrogens with zero attached hydrogens (tertiary/aromatic N) is 2. The lowest BCUT2D eigenvalue weighted by atomic mass is 9.94. The van der Waals surface area contributed by atoms with Crippen LogP contribution in [0.4, 0.5) is 0 Å². The van der Waals surface area contributed by atoms with Gasteiger partial charge < -0.3 is 15.1 Å². The molecule has 1 atom stereocenters. The Morgan fingerprint density at radius 3 is 2.20 bits per heavy atom. The highest BCUT2D eigenvalue weighted by molar-refractivity contribution is 5.81. The van der Waals surface area contributed by atoms with Crippen LogP contribution in [0.25, 0.3) is 0 Å². The predicted octanol–water partition coefficient (Wildman–Crippen LogP) is 3.79. The Labute approximate surface area is 182 Å². The maximum Gasteiger partial charge on any atom is 0.236 e. The van der Waals surface area contributed by atoms with Crippen LogP contribution in [0.5, 0.6) is 0 Å². The summed E-state index contributed by atoms with van der Waals surface area (Å²) in [6, 6.07) is 8.98. The van der Waals surface area contributed by atoms with Gasteiger partial charge in [-0.3, -0.25) is 9.59 Å². The van der Waals surface area contributed by atoms with E-state index in [4.69, 9.17) is 0 Å². The van der Waals surface area contributed by atoms with E-state index in [0.717, 1.165) is 51.6 Å². The Morgan fingerprint density at radius 2 is 1.63 bits per heavy atom. The van der Waals surface area contributed by atoms with Gasteiger partial charge in [0.25, 0.3) is 0 Å². The van der Waals surface area contributed by atoms with Crippen molar-refractivity contribution in [1.82, 2.24) is 15.1 Å². The van der Waals surface area contributed by atoms with Crippen LogP contribution < -0.4 is 5.32 Å². The minimum absolute atomic E-state index is 0.102. The molecule has 2 heterocycles. The van der Waals surface area contributed by atoms with E-state index in [1.54, 1.807) is 0 Å². The van der Waals surface area contributed by atoms with Gasteiger partial charge in [0.15, 0.2) is 0 Å². The van der Waals surface area contributed by atoms with Gasteiger partial charge in [0.2, 0.25) is 11.8 Å². The van der Waals surface area contributed by atoms with Gasteiger partial charge >= 0.3 is 0 Å². The molecule has 0 spiro atoms. The first-order valence-corrected chi connectivity index (χ1v) is 11.9. The van der Waals surface area contributed by atoms with Gasteiger partial charge in [-0.25, -0.2) is 0 Å². The van der Waals surface area contributed by atoms with Crippen LogP contribution in [0.2, 0.25) is 0 Å². The second-order valence-electron chi connectivity index (χ2n) is 9.28. The van der Waals surface area contributed by atoms with Crippen molar-refractivity contribution in [3.05, 3.63) is 35.4 Å². The smallest absolute Gasteiger partial charge is 0.236 e. The fourth-order valence-corrected chi connectivity index (χ4v) is 4.80. The monoisotopic (exact) mass is 413 g/mol. The molecular formula is C25H39N3O2. The molecule has 0 bridgehead atoms. The molecule has 2 amide bonds. The lowest BCUT2D eigenvalue weighted by Crippen LogP contribution is -2.46. The van der Waals surface area contributed by atoms with Crippen molar-refractivity contribution >= 4 is 11.8 Å². The summed E-state index contributed by atoms with van der Waals surface area (Å²) in [5.74, 6) is 0.961. The quantitative estimate of drug-likeness (QED) is 0.705. The third kappa shape index (κ3) is 5.84. The Balaban J connectivity index is 1.48. The Kier molecular flexibility index (Phi) is 8.32. The zero-order chi connectivity index (χ0) is 21.5. The molecule has 1 unspecified atom stereocenters. The molecule has 0 aliphatic carbocycles. The van der Waals surface area contributed by atoms with Gasteiger partial charge in [-0.15, -0.1) is 0 Å². The summed E-state index contributed by atoms with van der Waals surface area (Å²) in [5.41, 5.74) is 2.61. The van der Waals surface area contributed by atoms with E-state index in [-0.39, 0.29) is 17.9 Å². The first-order chi connectivity index (χ1) is 14.5. The molecule has 2 aliphatic heterocycles. The third-order valence-corrected chi connectivity index (χ3v) is 6.63. The molecule has 0 radical (unpaired) electrons. The zero-order valence-corrected chi connectivity index (χ0v) is 19.0. The highest BCUT2D eigenvalue weighted by atomic mass is 16.2. The van der Waals surface area contributed by atoms with E-state index in [1.807, 2.05) is 9.80 Å². The number of carbonyl (C=O) groups is 2. The molecule has 1 aromatic carbocycles. The topological polar surface area (TPSA) is 52.7 Å². The normalized spacial score (nSPS) is 18.8. The van der Waals surface area contributed by atoms with Crippen molar-refractivity contribution in [1.29, 1.82) is 0 Å². The van der Waals surface area contributed by atoms with Crippen LogP contribution in [0.15, 0.2) is 24.3 Å². The zero-order valence-electron chi connectivity index (χ0n) is 19.0. The fraction of sp³-hybridized carbons (Fsp3) is 0.680. The summed E-state index contributed by atoms with van der Waals surface area (Å²) in [5, 5.41) is 3.50. The van der Waals surface area contributed by atoms with Gasteiger partial charge in [0, 0.05) is 38.1 Å². The second-order valence-corrected chi connectivity index (χ2v) is 9.28. The van der Waals surface area contributed by atoms with E-state index in [0.29, 0.717) is 31.5 Å². The number of benzene rings is 1. The Bertz CT molecular complexity index is 687. The molecule has 5 nitrogen and oxygen atoms in total. The molecule has 0 saturated carbocycles. The van der Waals surface area contributed by atoms with Crippen LogP contribution in [-0.2, 0) is 16.0 Å². The van der Waals surface area contributed by atoms with Gasteiger partial charge in [-0.2, -0.15) is 0 Å². The molecule has 166 valence electrons. The van der Waals surface area contributed by atoms with Crippen LogP contribution in [0.3, 0.4) is 0 Å². The van der Waals surface area contributed by atoms with E-state index >= 15 is 0 Å². The first-order valence-electron chi connectivity index (χ1n) is 11.9. The summed E-state index contributed by atoms with van der Waals surface area (Å²) in [4.78, 5) is 29.3. The van der Waals surface area contributed by atoms with Crippen LogP contribution in [-0.4, -0.2) is 54.3 Å². The molecule has 2 fully saturated rings. The number of hydrogen-bond acceptors (Lipinski definition) is 3. The summed E-state index contributed by atoms with van der Waals surface area (Å²) >= 11 is 0. The lowest BCUT2D eigenvalue weighted by Gasteiger charge is -2.34. The predicted molar refractivity (Wildman–Crippen MR) is 121 cm³/mol. The van der Waals surface area contributed by atoms with Crippen molar-refractivity contribution < 1.29 is 9.59 Å². The SMILES string of the molecule is CCCc1ccc(C(NCC(=O)N2CCC(C(=O)N3CCCC3)CC2)C(C)C)cc1. The van der Waals surface area contributed by atoms with Crippen molar-refractivity contribution in [2.24, 2.45) is 11.8 Å². The summed E-state index contributed by atoms with van der Waals surface area (Å²) in [6.45, 7) is 10.2. The summed E-state index contributed by atoms with van der Waals surface area (Å²) in [7, 11) is 0. The number of aryl methyl sites for hydroxylation is 1. The number of rotatable bonds is 8. The van der Waals surface area contributed by atoms with E-state index in [1.165, 1.54) is 11.1 Å². The molecule has 1 aromatic rings. The highest BCUT2D eigenvalue weighted by Gasteiger charge is 2.31. The largest absolute Gasteiger partial charge is 0.342 e. The van der Waals surface area contributed by atoms with E-state index < -0.39 is 0 Å². The number of nitrogens with one attached hydrogen (secondary N) is 1. The minimum atomic E-state index is 0.102. The lowest BCUT2D eigenvalue weighted by molar-refractivity contribution is -0.139. The van der Waals surface area contributed by atoms with Crippen molar-refractivity contribution in [3.63, 3.8) is 0 Å². The van der Waals surface area contributed by atoms with E-state index in [2.05, 4.69) is 50.4 Å². The molecule has 2 aliphatic rings. The average Bonchev–Trinajstić information content (AvgIpc) is 3.29. The maximum atomic E-state index is 12.8. The van der Waals surface area contributed by atoms with Crippen LogP contribution in [0.1, 0.15) is 70.0 Å². The molecule has 1 N–H and O–H groups in total. The van der Waals surface area contributed by atoms with Crippen molar-refractivity contribution in [2.45, 2.75) is 65.3 Å². The van der Waals surface area contributed by atoms with Gasteiger partial charge in [-0.1, -0.05) is 51.5 Å². The van der Waals surface area contributed by atoms with Crippen molar-refractivity contribution in [2.75, 3.05) is 32.7 Å². The fourth-order valence-electron chi connectivity index (χ4n) is 4.80. The molecular weight excluding hydrogens is 374 g/mol. The number of carbonyl (C=O) groups excluding carboxylic acids is 2. The number of hydrogen-bond donors (Lipinski definition) is 1. The molecule has 30 heavy (non-hydrogen) atoms. The molecule has 2 saturated heterocycles. The van der Waals surface area contributed by atoms with Gasteiger partial charge in [0.1, 0.15) is 0 Å². The average molecular weight is 414 g/mol. The number of amides is 2. The molecule has 3 rings (SSSR count). The number of likely N-dealkylation sites (tertiary alicyclic amines) is 2. The second kappa shape index (κ2) is 10.9. The number of piperidine rings is 1. The third-order valence-electron chi connectivity index (χ3n) is 6.63. The van der Waals surface area contributed by atoms with Gasteiger partial charge in [-0.05, 0) is 49.1 Å². The molecule has 5 heteroatoms. The highest BCUT2D eigenvalue weighted by Crippen LogP contribution is 2.24. The van der Waals surface area contributed by atoms with Crippen LogP contribution in [0, 0.1) is 11.8 Å². The van der Waals surface area contributed by atoms with E-state index in [9.17, 15) is 9.59 Å². The van der Waals surface area contributed by atoms with Gasteiger partial charge in [0.05, 0.1) is 6.54 Å².